The van der Waals surface area contributed by atoms with E-state index in [2.05, 4.69) is 15.3 Å². The topological polar surface area (TPSA) is 125 Å². The highest BCUT2D eigenvalue weighted by atomic mass is 19.4. The molecule has 0 saturated carbocycles. The average Bonchev–Trinajstić information content (AvgIpc) is 2.82. The zero-order valence-corrected chi connectivity index (χ0v) is 22.8. The van der Waals surface area contributed by atoms with E-state index in [1.807, 2.05) is 0 Å². The fourth-order valence-electron chi connectivity index (χ4n) is 4.59. The molecule has 1 aromatic rings. The number of alkyl halides is 5. The summed E-state index contributed by atoms with van der Waals surface area (Å²) in [4.78, 5) is 47.8. The lowest BCUT2D eigenvalue weighted by atomic mass is 10.0. The van der Waals surface area contributed by atoms with E-state index in [1.165, 1.54) is 4.90 Å². The van der Waals surface area contributed by atoms with Crippen molar-refractivity contribution < 1.29 is 46.2 Å². The fourth-order valence-corrected chi connectivity index (χ4v) is 4.59. The third-order valence-electron chi connectivity index (χ3n) is 6.43. The van der Waals surface area contributed by atoms with E-state index in [1.54, 1.807) is 27.7 Å². The number of aliphatic hydroxyl groups is 1. The van der Waals surface area contributed by atoms with Crippen molar-refractivity contribution in [1.82, 2.24) is 25.1 Å². The fraction of sp³-hybridized carbons (Fsp3) is 0.720. The summed E-state index contributed by atoms with van der Waals surface area (Å²) in [6.07, 6.45) is -9.47. The highest BCUT2D eigenvalue weighted by Gasteiger charge is 2.49. The van der Waals surface area contributed by atoms with Crippen LogP contribution < -0.4 is 5.32 Å². The number of carbonyl (C=O) groups is 3. The van der Waals surface area contributed by atoms with Crippen LogP contribution in [0.15, 0.2) is 0 Å². The third kappa shape index (κ3) is 7.76. The van der Waals surface area contributed by atoms with Crippen LogP contribution >= 0.6 is 0 Å². The van der Waals surface area contributed by atoms with Gasteiger partial charge >= 0.3 is 12.3 Å². The number of nitrogens with zero attached hydrogens (tertiary/aromatic N) is 4. The maximum atomic E-state index is 14.1. The van der Waals surface area contributed by atoms with Gasteiger partial charge in [0.2, 0.25) is 11.8 Å². The Hall–Kier alpha value is -3.10. The molecule has 2 N–H and O–H groups in total. The van der Waals surface area contributed by atoms with Crippen molar-refractivity contribution >= 4 is 17.9 Å². The molecule has 1 aromatic heterocycles. The number of piperidine rings is 1. The number of rotatable bonds is 7. The molecule has 0 aliphatic carbocycles. The molecule has 2 aliphatic rings. The van der Waals surface area contributed by atoms with Crippen LogP contribution in [0.1, 0.15) is 76.2 Å². The molecule has 2 aliphatic heterocycles. The molecule has 10 nitrogen and oxygen atoms in total. The van der Waals surface area contributed by atoms with Crippen molar-refractivity contribution in [2.45, 2.75) is 103 Å². The Bertz CT molecular complexity index is 1120. The molecule has 1 unspecified atom stereocenters. The van der Waals surface area contributed by atoms with Gasteiger partial charge in [-0.05, 0) is 33.6 Å². The molecule has 2 atom stereocenters. The molecule has 1 fully saturated rings. The summed E-state index contributed by atoms with van der Waals surface area (Å²) in [5.74, 6) is -4.99. The van der Waals surface area contributed by atoms with Crippen molar-refractivity contribution in [2.75, 3.05) is 13.1 Å². The molecule has 224 valence electrons. The minimum absolute atomic E-state index is 0.00543. The Kier molecular flexibility index (Phi) is 9.26. The highest BCUT2D eigenvalue weighted by Crippen LogP contribution is 2.35. The molecule has 0 aromatic carbocycles. The second kappa shape index (κ2) is 11.8. The second-order valence-corrected chi connectivity index (χ2v) is 11.0. The zero-order chi connectivity index (χ0) is 30.0. The van der Waals surface area contributed by atoms with Crippen molar-refractivity contribution in [3.63, 3.8) is 0 Å². The molecule has 0 radical (unpaired) electrons. The van der Waals surface area contributed by atoms with Gasteiger partial charge in [0, 0.05) is 44.3 Å². The van der Waals surface area contributed by atoms with E-state index < -0.39 is 79.4 Å². The van der Waals surface area contributed by atoms with Crippen LogP contribution in [0.3, 0.4) is 0 Å². The molecule has 15 heteroatoms. The van der Waals surface area contributed by atoms with Crippen LogP contribution in [-0.2, 0) is 39.9 Å². The molecular weight excluding hydrogens is 545 g/mol. The van der Waals surface area contributed by atoms with Crippen molar-refractivity contribution in [3.05, 3.63) is 22.8 Å². The predicted octanol–water partition coefficient (Wildman–Crippen LogP) is 3.19. The summed E-state index contributed by atoms with van der Waals surface area (Å²) in [6, 6.07) is -1.25. The minimum Gasteiger partial charge on any atom is -0.444 e. The Balaban J connectivity index is 1.82. The van der Waals surface area contributed by atoms with E-state index in [4.69, 9.17) is 4.74 Å². The number of fused-ring (bicyclic) bond motifs is 1. The Labute approximate surface area is 228 Å². The van der Waals surface area contributed by atoms with Gasteiger partial charge in [-0.1, -0.05) is 6.92 Å². The Morgan fingerprint density at radius 1 is 1.20 bits per heavy atom. The number of aliphatic hydroxyl groups excluding tert-OH is 1. The predicted molar refractivity (Wildman–Crippen MR) is 130 cm³/mol. The lowest BCUT2D eigenvalue weighted by Gasteiger charge is -2.39. The van der Waals surface area contributed by atoms with Gasteiger partial charge in [0.1, 0.15) is 11.4 Å². The maximum Gasteiger partial charge on any atom is 0.433 e. The lowest BCUT2D eigenvalue weighted by Crippen LogP contribution is -2.59. The number of likely N-dealkylation sites (tertiary alicyclic amines) is 1. The number of hydrogen-bond donors (Lipinski definition) is 2. The van der Waals surface area contributed by atoms with E-state index in [0.717, 1.165) is 0 Å². The standard InChI is InChI=1S/C25H34F5N5O5/c1-5-6-17-32-16-13-34(10-8-15(16)20(33-17)25(28,29)30)19(37)11-14(31-22(39)40-23(2,3)4)12-35-18(36)7-9-24(26,27)21(35)38/h14,21,38H,5-13H2,1-4H3,(H,31,39)/t14-,21?/m0/s1. The number of aromatic nitrogens is 2. The first kappa shape index (κ1) is 31.4. The number of ether oxygens (including phenoxy) is 1. The van der Waals surface area contributed by atoms with Crippen LogP contribution in [0.4, 0.5) is 26.7 Å². The van der Waals surface area contributed by atoms with Crippen LogP contribution in [0.25, 0.3) is 0 Å². The minimum atomic E-state index is -4.70. The highest BCUT2D eigenvalue weighted by molar-refractivity contribution is 5.80. The Morgan fingerprint density at radius 2 is 1.88 bits per heavy atom. The number of amides is 3. The first-order chi connectivity index (χ1) is 18.4. The first-order valence-corrected chi connectivity index (χ1v) is 13.0. The summed E-state index contributed by atoms with van der Waals surface area (Å²) in [7, 11) is 0. The number of alkyl carbamates (subject to hydrolysis) is 1. The molecule has 3 rings (SSSR count). The second-order valence-electron chi connectivity index (χ2n) is 11.0. The van der Waals surface area contributed by atoms with Gasteiger partial charge < -0.3 is 25.0 Å². The number of aryl methyl sites for hydroxylation is 1. The lowest BCUT2D eigenvalue weighted by molar-refractivity contribution is -0.205. The van der Waals surface area contributed by atoms with Gasteiger partial charge in [0.05, 0.1) is 18.3 Å². The van der Waals surface area contributed by atoms with Gasteiger partial charge in [-0.3, -0.25) is 9.59 Å². The van der Waals surface area contributed by atoms with E-state index in [-0.39, 0.29) is 43.0 Å². The molecule has 40 heavy (non-hydrogen) atoms. The van der Waals surface area contributed by atoms with E-state index >= 15 is 0 Å². The van der Waals surface area contributed by atoms with Crippen molar-refractivity contribution in [2.24, 2.45) is 0 Å². The number of nitrogens with one attached hydrogen (secondary N) is 1. The molecular formula is C25H34F5N5O5. The molecule has 0 bridgehead atoms. The largest absolute Gasteiger partial charge is 0.444 e. The SMILES string of the molecule is CCCc1nc2c(c(C(F)(F)F)n1)CCN(C(=O)C[C@@H](CN1C(=O)CCC(F)(F)C1O)NC(=O)OC(C)(C)C)C2. The molecule has 3 heterocycles. The number of hydrogen-bond acceptors (Lipinski definition) is 7. The first-order valence-electron chi connectivity index (χ1n) is 13.0. The summed E-state index contributed by atoms with van der Waals surface area (Å²) in [5.41, 5.74) is -2.00. The monoisotopic (exact) mass is 579 g/mol. The third-order valence-corrected chi connectivity index (χ3v) is 6.43. The van der Waals surface area contributed by atoms with Gasteiger partial charge in [-0.2, -0.15) is 13.2 Å². The normalized spacial score (nSPS) is 20.1. The summed E-state index contributed by atoms with van der Waals surface area (Å²) < 4.78 is 74.5. The number of carbonyl (C=O) groups excluding carboxylic acids is 3. The summed E-state index contributed by atoms with van der Waals surface area (Å²) in [5, 5.41) is 12.5. The molecule has 3 amide bonds. The smallest absolute Gasteiger partial charge is 0.433 e. The van der Waals surface area contributed by atoms with Gasteiger partial charge in [0.25, 0.3) is 5.92 Å². The van der Waals surface area contributed by atoms with Gasteiger partial charge in [0.15, 0.2) is 11.9 Å². The van der Waals surface area contributed by atoms with E-state index in [9.17, 15) is 41.4 Å². The van der Waals surface area contributed by atoms with Crippen LogP contribution in [0.2, 0.25) is 0 Å². The summed E-state index contributed by atoms with van der Waals surface area (Å²) >= 11 is 0. The average molecular weight is 580 g/mol. The van der Waals surface area contributed by atoms with Crippen molar-refractivity contribution in [3.8, 4) is 0 Å². The van der Waals surface area contributed by atoms with Gasteiger partial charge in [-0.15, -0.1) is 0 Å². The number of halogens is 5. The van der Waals surface area contributed by atoms with Crippen LogP contribution in [-0.4, -0.2) is 79.7 Å². The van der Waals surface area contributed by atoms with Crippen LogP contribution in [0.5, 0.6) is 0 Å². The van der Waals surface area contributed by atoms with Crippen molar-refractivity contribution in [1.29, 1.82) is 0 Å². The Morgan fingerprint density at radius 3 is 2.48 bits per heavy atom. The quantitative estimate of drug-likeness (QED) is 0.476. The van der Waals surface area contributed by atoms with E-state index in [0.29, 0.717) is 11.3 Å². The van der Waals surface area contributed by atoms with Gasteiger partial charge in [-0.25, -0.2) is 23.5 Å². The zero-order valence-electron chi connectivity index (χ0n) is 22.8. The molecule has 1 saturated heterocycles. The van der Waals surface area contributed by atoms with Crippen LogP contribution in [0, 0.1) is 0 Å². The molecule has 0 spiro atoms. The maximum absolute atomic E-state index is 14.1. The summed E-state index contributed by atoms with van der Waals surface area (Å²) in [6.45, 7) is 5.54.